The normalized spacial score (nSPS) is 17.3. The van der Waals surface area contributed by atoms with Crippen LogP contribution in [0, 0.1) is 11.3 Å². The second kappa shape index (κ2) is 6.99. The number of hydrogen-bond acceptors (Lipinski definition) is 5. The molecule has 1 fully saturated rings. The van der Waals surface area contributed by atoms with Gasteiger partial charge in [-0.1, -0.05) is 12.1 Å². The zero-order chi connectivity index (χ0) is 16.1. The zero-order valence-corrected chi connectivity index (χ0v) is 12.6. The lowest BCUT2D eigenvalue weighted by molar-refractivity contribution is -0.129. The summed E-state index contributed by atoms with van der Waals surface area (Å²) >= 11 is 0. The van der Waals surface area contributed by atoms with Gasteiger partial charge < -0.3 is 10.2 Å². The molecule has 1 N–H and O–H groups in total. The molecule has 6 heteroatoms. The number of hydrogen-bond donors (Lipinski definition) is 1. The van der Waals surface area contributed by atoms with Crippen LogP contribution in [0.25, 0.3) is 0 Å². The minimum Gasteiger partial charge on any atom is -0.337 e. The lowest BCUT2D eigenvalue weighted by Gasteiger charge is -2.17. The fourth-order valence-electron chi connectivity index (χ4n) is 2.65. The highest BCUT2D eigenvalue weighted by molar-refractivity contribution is 5.83. The Hall–Kier alpha value is -2.78. The highest BCUT2D eigenvalue weighted by Gasteiger charge is 2.30. The molecule has 6 nitrogen and oxygen atoms in total. The molecule has 1 aliphatic rings. The van der Waals surface area contributed by atoms with Crippen LogP contribution in [0.2, 0.25) is 0 Å². The van der Waals surface area contributed by atoms with Gasteiger partial charge in [0.2, 0.25) is 5.91 Å². The number of carbonyl (C=O) groups is 1. The molecular weight excluding hydrogens is 290 g/mol. The third-order valence-electron chi connectivity index (χ3n) is 3.92. The molecule has 1 amide bonds. The Morgan fingerprint density at radius 1 is 1.22 bits per heavy atom. The third kappa shape index (κ3) is 3.71. The number of aromatic nitrogens is 2. The van der Waals surface area contributed by atoms with Gasteiger partial charge in [0.25, 0.3) is 0 Å². The van der Waals surface area contributed by atoms with Crippen LogP contribution in [-0.4, -0.2) is 33.4 Å². The molecule has 2 heterocycles. The topological polar surface area (TPSA) is 81.9 Å². The number of benzene rings is 1. The van der Waals surface area contributed by atoms with Crippen molar-refractivity contribution in [1.82, 2.24) is 20.2 Å². The minimum absolute atomic E-state index is 0.117. The number of carbonyl (C=O) groups excluding carboxylic acids is 1. The Labute approximate surface area is 134 Å². The Morgan fingerprint density at radius 2 is 1.96 bits per heavy atom. The SMILES string of the molecule is N#Cc1ccc(CN2CCC(NCc3cncnc3)C2=O)cc1. The van der Waals surface area contributed by atoms with Crippen molar-refractivity contribution in [2.24, 2.45) is 0 Å². The van der Waals surface area contributed by atoms with Crippen LogP contribution in [0.3, 0.4) is 0 Å². The van der Waals surface area contributed by atoms with Crippen LogP contribution >= 0.6 is 0 Å². The van der Waals surface area contributed by atoms with Crippen molar-refractivity contribution in [2.75, 3.05) is 6.54 Å². The quantitative estimate of drug-likeness (QED) is 0.898. The first kappa shape index (κ1) is 15.1. The summed E-state index contributed by atoms with van der Waals surface area (Å²) in [5.74, 6) is 0.117. The van der Waals surface area contributed by atoms with Crippen LogP contribution in [0.15, 0.2) is 43.0 Å². The van der Waals surface area contributed by atoms with E-state index in [1.807, 2.05) is 17.0 Å². The number of nitrogens with one attached hydrogen (secondary N) is 1. The average Bonchev–Trinajstić information content (AvgIpc) is 2.95. The molecular formula is C17H17N5O. The summed E-state index contributed by atoms with van der Waals surface area (Å²) < 4.78 is 0. The van der Waals surface area contributed by atoms with Gasteiger partial charge in [0, 0.05) is 37.6 Å². The number of rotatable bonds is 5. The molecule has 0 bridgehead atoms. The van der Waals surface area contributed by atoms with Crippen LogP contribution in [0.5, 0.6) is 0 Å². The summed E-state index contributed by atoms with van der Waals surface area (Å²) in [6, 6.07) is 9.29. The minimum atomic E-state index is -0.159. The fraction of sp³-hybridized carbons (Fsp3) is 0.294. The van der Waals surface area contributed by atoms with E-state index in [1.54, 1.807) is 24.5 Å². The standard InChI is InChI=1S/C17H17N5O/c18-7-13-1-3-14(4-2-13)11-22-6-5-16(17(22)23)21-10-15-8-19-12-20-9-15/h1-4,8-9,12,16,21H,5-6,10-11H2. The monoisotopic (exact) mass is 307 g/mol. The Balaban J connectivity index is 1.55. The molecule has 1 aromatic carbocycles. The summed E-state index contributed by atoms with van der Waals surface area (Å²) in [6.07, 6.45) is 5.77. The van der Waals surface area contributed by atoms with Gasteiger partial charge in [0.1, 0.15) is 6.33 Å². The molecule has 116 valence electrons. The van der Waals surface area contributed by atoms with Gasteiger partial charge in [0.05, 0.1) is 17.7 Å². The zero-order valence-electron chi connectivity index (χ0n) is 12.6. The molecule has 23 heavy (non-hydrogen) atoms. The molecule has 1 aromatic heterocycles. The van der Waals surface area contributed by atoms with Gasteiger partial charge in [0.15, 0.2) is 0 Å². The predicted molar refractivity (Wildman–Crippen MR) is 83.9 cm³/mol. The van der Waals surface area contributed by atoms with Gasteiger partial charge in [-0.25, -0.2) is 9.97 Å². The molecule has 0 aliphatic carbocycles. The van der Waals surface area contributed by atoms with Gasteiger partial charge >= 0.3 is 0 Å². The molecule has 0 spiro atoms. The van der Waals surface area contributed by atoms with Gasteiger partial charge in [-0.05, 0) is 24.1 Å². The molecule has 3 rings (SSSR count). The Bertz CT molecular complexity index is 708. The van der Waals surface area contributed by atoms with E-state index in [-0.39, 0.29) is 11.9 Å². The molecule has 1 aliphatic heterocycles. The first-order valence-electron chi connectivity index (χ1n) is 7.51. The molecule has 0 radical (unpaired) electrons. The number of likely N-dealkylation sites (tertiary alicyclic amines) is 1. The van der Waals surface area contributed by atoms with Crippen LogP contribution in [-0.2, 0) is 17.9 Å². The first-order chi connectivity index (χ1) is 11.3. The smallest absolute Gasteiger partial charge is 0.240 e. The van der Waals surface area contributed by atoms with E-state index in [4.69, 9.17) is 5.26 Å². The molecule has 0 saturated carbocycles. The number of amides is 1. The third-order valence-corrected chi connectivity index (χ3v) is 3.92. The van der Waals surface area contributed by atoms with E-state index in [0.29, 0.717) is 18.7 Å². The number of nitriles is 1. The Morgan fingerprint density at radius 3 is 2.65 bits per heavy atom. The van der Waals surface area contributed by atoms with Crippen LogP contribution in [0.4, 0.5) is 0 Å². The average molecular weight is 307 g/mol. The van der Waals surface area contributed by atoms with Crippen molar-refractivity contribution in [1.29, 1.82) is 5.26 Å². The Kier molecular flexibility index (Phi) is 4.60. The van der Waals surface area contributed by atoms with Crippen molar-refractivity contribution >= 4 is 5.91 Å². The van der Waals surface area contributed by atoms with Crippen LogP contribution in [0.1, 0.15) is 23.1 Å². The largest absolute Gasteiger partial charge is 0.337 e. The second-order valence-corrected chi connectivity index (χ2v) is 5.54. The van der Waals surface area contributed by atoms with E-state index >= 15 is 0 Å². The van der Waals surface area contributed by atoms with Crippen molar-refractivity contribution in [3.8, 4) is 6.07 Å². The number of nitrogens with zero attached hydrogens (tertiary/aromatic N) is 4. The molecule has 1 saturated heterocycles. The van der Waals surface area contributed by atoms with Crippen molar-refractivity contribution in [2.45, 2.75) is 25.6 Å². The maximum atomic E-state index is 12.4. The lowest BCUT2D eigenvalue weighted by atomic mass is 10.1. The van der Waals surface area contributed by atoms with Crippen molar-refractivity contribution < 1.29 is 4.79 Å². The highest BCUT2D eigenvalue weighted by atomic mass is 16.2. The van der Waals surface area contributed by atoms with Crippen molar-refractivity contribution in [3.05, 3.63) is 59.7 Å². The summed E-state index contributed by atoms with van der Waals surface area (Å²) in [6.45, 7) is 1.90. The van der Waals surface area contributed by atoms with E-state index in [9.17, 15) is 4.79 Å². The maximum absolute atomic E-state index is 12.4. The maximum Gasteiger partial charge on any atom is 0.240 e. The molecule has 2 aromatic rings. The molecule has 1 atom stereocenters. The predicted octanol–water partition coefficient (Wildman–Crippen LogP) is 1.24. The fourth-order valence-corrected chi connectivity index (χ4v) is 2.65. The van der Waals surface area contributed by atoms with Gasteiger partial charge in [-0.15, -0.1) is 0 Å². The van der Waals surface area contributed by atoms with E-state index in [0.717, 1.165) is 24.1 Å². The highest BCUT2D eigenvalue weighted by Crippen LogP contribution is 2.16. The summed E-state index contributed by atoms with van der Waals surface area (Å²) in [4.78, 5) is 22.2. The summed E-state index contributed by atoms with van der Waals surface area (Å²) in [7, 11) is 0. The second-order valence-electron chi connectivity index (χ2n) is 5.54. The van der Waals surface area contributed by atoms with Crippen molar-refractivity contribution in [3.63, 3.8) is 0 Å². The summed E-state index contributed by atoms with van der Waals surface area (Å²) in [5, 5.41) is 12.1. The van der Waals surface area contributed by atoms with Gasteiger partial charge in [-0.3, -0.25) is 4.79 Å². The van der Waals surface area contributed by atoms with E-state index in [2.05, 4.69) is 21.4 Å². The lowest BCUT2D eigenvalue weighted by Crippen LogP contribution is -2.37. The summed E-state index contributed by atoms with van der Waals surface area (Å²) in [5.41, 5.74) is 2.63. The van der Waals surface area contributed by atoms with E-state index in [1.165, 1.54) is 6.33 Å². The van der Waals surface area contributed by atoms with Gasteiger partial charge in [-0.2, -0.15) is 5.26 Å². The van der Waals surface area contributed by atoms with E-state index < -0.39 is 0 Å². The van der Waals surface area contributed by atoms with Crippen LogP contribution < -0.4 is 5.32 Å². The first-order valence-corrected chi connectivity index (χ1v) is 7.51. The molecule has 1 unspecified atom stereocenters.